The van der Waals surface area contributed by atoms with Crippen LogP contribution in [0.2, 0.25) is 0 Å². The molecule has 0 radical (unpaired) electrons. The second-order valence-electron chi connectivity index (χ2n) is 7.38. The van der Waals surface area contributed by atoms with E-state index < -0.39 is 23.5 Å². The van der Waals surface area contributed by atoms with Gasteiger partial charge in [0.1, 0.15) is 18.5 Å². The van der Waals surface area contributed by atoms with Crippen LogP contribution in [-0.2, 0) is 9.53 Å². The number of amides is 2. The van der Waals surface area contributed by atoms with Crippen molar-refractivity contribution in [3.8, 4) is 5.75 Å². The zero-order chi connectivity index (χ0) is 23.6. The molecule has 0 saturated heterocycles. The first kappa shape index (κ1) is 25.3. The van der Waals surface area contributed by atoms with E-state index in [1.165, 1.54) is 11.6 Å². The zero-order valence-corrected chi connectivity index (χ0v) is 19.0. The molecule has 32 heavy (non-hydrogen) atoms. The van der Waals surface area contributed by atoms with Crippen LogP contribution in [0.4, 0.5) is 10.5 Å². The van der Waals surface area contributed by atoms with E-state index in [2.05, 4.69) is 5.32 Å². The fourth-order valence-electron chi connectivity index (χ4n) is 2.94. The molecule has 2 aromatic rings. The maximum atomic E-state index is 12.8. The summed E-state index contributed by atoms with van der Waals surface area (Å²) in [4.78, 5) is 25.3. The summed E-state index contributed by atoms with van der Waals surface area (Å²) in [6.45, 7) is 3.46. The maximum absolute atomic E-state index is 12.8. The molecule has 0 saturated carbocycles. The smallest absolute Gasteiger partial charge is 0.412 e. The molecule has 0 fully saturated rings. The van der Waals surface area contributed by atoms with Crippen molar-refractivity contribution < 1.29 is 29.4 Å². The van der Waals surface area contributed by atoms with E-state index >= 15 is 0 Å². The third-order valence-corrected chi connectivity index (χ3v) is 5.31. The Morgan fingerprint density at radius 2 is 1.84 bits per heavy atom. The lowest BCUT2D eigenvalue weighted by molar-refractivity contribution is -0.124. The van der Waals surface area contributed by atoms with Crippen molar-refractivity contribution in [2.45, 2.75) is 24.8 Å². The summed E-state index contributed by atoms with van der Waals surface area (Å²) in [6.07, 6.45) is 3.12. The number of hydrogen-bond donors (Lipinski definition) is 4. The highest BCUT2D eigenvalue weighted by molar-refractivity contribution is 7.98. The third kappa shape index (κ3) is 7.30. The van der Waals surface area contributed by atoms with Gasteiger partial charge in [0, 0.05) is 27.6 Å². The molecular weight excluding hydrogens is 432 g/mol. The van der Waals surface area contributed by atoms with Crippen molar-refractivity contribution in [1.29, 1.82) is 0 Å². The zero-order valence-electron chi connectivity index (χ0n) is 18.2. The van der Waals surface area contributed by atoms with Crippen LogP contribution >= 0.6 is 11.8 Å². The van der Waals surface area contributed by atoms with Gasteiger partial charge in [-0.2, -0.15) is 0 Å². The van der Waals surface area contributed by atoms with Crippen LogP contribution in [-0.4, -0.2) is 41.8 Å². The first-order chi connectivity index (χ1) is 15.3. The summed E-state index contributed by atoms with van der Waals surface area (Å²) < 4.78 is 11.4. The summed E-state index contributed by atoms with van der Waals surface area (Å²) in [5.41, 5.74) is 1.80. The topological polar surface area (TPSA) is 117 Å². The van der Waals surface area contributed by atoms with Gasteiger partial charge >= 0.3 is 6.09 Å². The molecule has 0 bridgehead atoms. The molecule has 0 aliphatic carbocycles. The van der Waals surface area contributed by atoms with E-state index in [-0.39, 0.29) is 13.2 Å². The minimum atomic E-state index is -0.870. The number of carbonyl (C=O) groups excluding carboxylic acids is 2. The highest BCUT2D eigenvalue weighted by Gasteiger charge is 2.34. The summed E-state index contributed by atoms with van der Waals surface area (Å²) in [5, 5.41) is 20.6. The Morgan fingerprint density at radius 1 is 1.16 bits per heavy atom. The number of ether oxygens (including phenoxy) is 2. The van der Waals surface area contributed by atoms with Crippen LogP contribution < -0.4 is 15.5 Å². The third-order valence-electron chi connectivity index (χ3n) is 4.56. The second kappa shape index (κ2) is 12.1. The highest BCUT2D eigenvalue weighted by Crippen LogP contribution is 2.42. The standard InChI is InChI=1S/C23H28N2O6S/c1-23(2,13-12-20(27)25-29)21(18-6-4-5-7-19(18)30-15-14-26)31-22(28)24-16-8-10-17(32-3)11-9-16/h4-13,21,26,29H,14-15H2,1-3H3,(H,24,28)(H,25,27)/b13-12+/t21-/m0/s1. The fraction of sp³-hybridized carbons (Fsp3) is 0.304. The van der Waals surface area contributed by atoms with Crippen LogP contribution in [0, 0.1) is 5.41 Å². The number of aliphatic hydroxyl groups excluding tert-OH is 1. The van der Waals surface area contributed by atoms with Crippen LogP contribution in [0.15, 0.2) is 65.6 Å². The molecule has 0 aliphatic heterocycles. The number of hydroxylamine groups is 1. The molecule has 0 aliphatic rings. The number of hydrogen-bond acceptors (Lipinski definition) is 7. The predicted molar refractivity (Wildman–Crippen MR) is 123 cm³/mol. The molecular formula is C23H28N2O6S. The van der Waals surface area contributed by atoms with E-state index in [0.717, 1.165) is 11.0 Å². The van der Waals surface area contributed by atoms with E-state index in [9.17, 15) is 9.59 Å². The van der Waals surface area contributed by atoms with E-state index in [1.54, 1.807) is 62.0 Å². The number of rotatable bonds is 10. The van der Waals surface area contributed by atoms with Crippen molar-refractivity contribution in [1.82, 2.24) is 5.48 Å². The molecule has 0 spiro atoms. The van der Waals surface area contributed by atoms with Crippen molar-refractivity contribution >= 4 is 29.4 Å². The predicted octanol–water partition coefficient (Wildman–Crippen LogP) is 4.16. The molecule has 0 unspecified atom stereocenters. The van der Waals surface area contributed by atoms with E-state index in [0.29, 0.717) is 17.0 Å². The van der Waals surface area contributed by atoms with Gasteiger partial charge in [0.05, 0.1) is 6.61 Å². The molecule has 2 amide bonds. The second-order valence-corrected chi connectivity index (χ2v) is 8.26. The quantitative estimate of drug-likeness (QED) is 0.182. The van der Waals surface area contributed by atoms with Crippen molar-refractivity contribution in [2.24, 2.45) is 5.41 Å². The molecule has 0 aromatic heterocycles. The molecule has 2 aromatic carbocycles. The molecule has 8 nitrogen and oxygen atoms in total. The summed E-state index contributed by atoms with van der Waals surface area (Å²) in [7, 11) is 0. The SMILES string of the molecule is CSc1ccc(NC(=O)O[C@@H](c2ccccc2OCCO)C(C)(C)/C=C/C(=O)NO)cc1. The number of anilines is 1. The Kier molecular flexibility index (Phi) is 9.58. The van der Waals surface area contributed by atoms with Gasteiger partial charge in [-0.25, -0.2) is 10.3 Å². The van der Waals surface area contributed by atoms with E-state index in [4.69, 9.17) is 19.8 Å². The monoisotopic (exact) mass is 460 g/mol. The van der Waals surface area contributed by atoms with Gasteiger partial charge in [-0.05, 0) is 36.6 Å². The first-order valence-electron chi connectivity index (χ1n) is 9.88. The summed E-state index contributed by atoms with van der Waals surface area (Å²) in [5.74, 6) is -0.267. The van der Waals surface area contributed by atoms with Gasteiger partial charge in [-0.15, -0.1) is 11.8 Å². The molecule has 172 valence electrons. The number of carbonyl (C=O) groups is 2. The Labute approximate surface area is 191 Å². The molecule has 0 heterocycles. The van der Waals surface area contributed by atoms with Gasteiger partial charge in [-0.1, -0.05) is 38.1 Å². The molecule has 9 heteroatoms. The molecule has 1 atom stereocenters. The Bertz CT molecular complexity index is 930. The number of thioether (sulfide) groups is 1. The first-order valence-corrected chi connectivity index (χ1v) is 11.1. The minimum absolute atomic E-state index is 0.0703. The lowest BCUT2D eigenvalue weighted by Gasteiger charge is -2.32. The molecule has 4 N–H and O–H groups in total. The number of para-hydroxylation sites is 1. The lowest BCUT2D eigenvalue weighted by Crippen LogP contribution is -2.28. The minimum Gasteiger partial charge on any atom is -0.491 e. The van der Waals surface area contributed by atoms with E-state index in [1.807, 2.05) is 18.4 Å². The van der Waals surface area contributed by atoms with Gasteiger partial charge in [-0.3, -0.25) is 15.3 Å². The number of benzene rings is 2. The molecule has 2 rings (SSSR count). The fourth-order valence-corrected chi connectivity index (χ4v) is 3.35. The lowest BCUT2D eigenvalue weighted by atomic mass is 9.81. The maximum Gasteiger partial charge on any atom is 0.412 e. The number of nitrogens with one attached hydrogen (secondary N) is 2. The van der Waals surface area contributed by atoms with Crippen LogP contribution in [0.25, 0.3) is 0 Å². The van der Waals surface area contributed by atoms with Gasteiger partial charge in [0.2, 0.25) is 0 Å². The summed E-state index contributed by atoms with van der Waals surface area (Å²) >= 11 is 1.59. The van der Waals surface area contributed by atoms with Crippen molar-refractivity contribution in [2.75, 3.05) is 24.8 Å². The highest BCUT2D eigenvalue weighted by atomic mass is 32.2. The van der Waals surface area contributed by atoms with Crippen LogP contribution in [0.1, 0.15) is 25.5 Å². The normalized spacial score (nSPS) is 12.3. The Hall–Kier alpha value is -3.01. The van der Waals surface area contributed by atoms with Crippen molar-refractivity contribution in [3.05, 3.63) is 66.2 Å². The van der Waals surface area contributed by atoms with Crippen LogP contribution in [0.3, 0.4) is 0 Å². The Morgan fingerprint density at radius 3 is 2.47 bits per heavy atom. The van der Waals surface area contributed by atoms with Gasteiger partial charge in [0.15, 0.2) is 0 Å². The van der Waals surface area contributed by atoms with Crippen LogP contribution in [0.5, 0.6) is 5.75 Å². The number of aliphatic hydroxyl groups is 1. The largest absolute Gasteiger partial charge is 0.491 e. The van der Waals surface area contributed by atoms with Gasteiger partial charge < -0.3 is 14.6 Å². The Balaban J connectivity index is 2.34. The van der Waals surface area contributed by atoms with Gasteiger partial charge in [0.25, 0.3) is 5.91 Å². The average molecular weight is 461 g/mol. The van der Waals surface area contributed by atoms with Crippen molar-refractivity contribution in [3.63, 3.8) is 0 Å². The summed E-state index contributed by atoms with van der Waals surface area (Å²) in [6, 6.07) is 14.3. The average Bonchev–Trinajstić information content (AvgIpc) is 2.80.